The molecule has 1 aliphatic carbocycles. The molecule has 23 heavy (non-hydrogen) atoms. The van der Waals surface area contributed by atoms with Gasteiger partial charge in [0.25, 0.3) is 0 Å². The van der Waals surface area contributed by atoms with Gasteiger partial charge in [-0.25, -0.2) is 0 Å². The lowest BCUT2D eigenvalue weighted by atomic mass is 10.1. The van der Waals surface area contributed by atoms with E-state index < -0.39 is 0 Å². The molecule has 0 atom stereocenters. The van der Waals surface area contributed by atoms with Gasteiger partial charge in [0, 0.05) is 32.7 Å². The molecule has 6 nitrogen and oxygen atoms in total. The summed E-state index contributed by atoms with van der Waals surface area (Å²) in [6, 6.07) is 0.386. The first kappa shape index (κ1) is 22.4. The van der Waals surface area contributed by atoms with Crippen LogP contribution < -0.4 is 16.0 Å². The monoisotopic (exact) mass is 440 g/mol. The normalized spacial score (nSPS) is 15.9. The second-order valence-electron chi connectivity index (χ2n) is 6.38. The van der Waals surface area contributed by atoms with Crippen LogP contribution in [0.1, 0.15) is 52.9 Å². The molecular formula is C16H33IN4O2. The number of ether oxygens (including phenoxy) is 1. The molecule has 1 rings (SSSR count). The molecule has 1 saturated carbocycles. The van der Waals surface area contributed by atoms with Gasteiger partial charge in [-0.05, 0) is 33.6 Å². The number of nitrogens with zero attached hydrogens (tertiary/aromatic N) is 1. The highest BCUT2D eigenvalue weighted by molar-refractivity contribution is 14.0. The Bertz CT molecular complexity index is 369. The maximum atomic E-state index is 11.9. The van der Waals surface area contributed by atoms with Gasteiger partial charge in [-0.1, -0.05) is 12.8 Å². The van der Waals surface area contributed by atoms with Gasteiger partial charge in [0.05, 0.1) is 12.1 Å². The highest BCUT2D eigenvalue weighted by atomic mass is 127. The van der Waals surface area contributed by atoms with Crippen LogP contribution in [-0.4, -0.2) is 50.3 Å². The van der Waals surface area contributed by atoms with E-state index in [9.17, 15) is 4.79 Å². The topological polar surface area (TPSA) is 74.8 Å². The summed E-state index contributed by atoms with van der Waals surface area (Å²) in [7, 11) is 1.68. The molecule has 3 N–H and O–H groups in total. The van der Waals surface area contributed by atoms with Crippen LogP contribution in [0, 0.1) is 0 Å². The molecule has 1 aliphatic rings. The summed E-state index contributed by atoms with van der Waals surface area (Å²) in [5, 5.41) is 9.46. The number of nitrogens with one attached hydrogen (secondary N) is 3. The van der Waals surface area contributed by atoms with Gasteiger partial charge in [0.1, 0.15) is 0 Å². The van der Waals surface area contributed by atoms with E-state index in [1.54, 1.807) is 7.11 Å². The molecule has 0 aromatic carbocycles. The van der Waals surface area contributed by atoms with Crippen molar-refractivity contribution in [2.24, 2.45) is 4.99 Å². The quantitative estimate of drug-likeness (QED) is 0.307. The van der Waals surface area contributed by atoms with Crippen LogP contribution >= 0.6 is 24.0 Å². The van der Waals surface area contributed by atoms with Crippen molar-refractivity contribution < 1.29 is 9.53 Å². The van der Waals surface area contributed by atoms with E-state index in [0.29, 0.717) is 25.6 Å². The number of aliphatic imine (C=N–C) groups is 1. The molecule has 0 heterocycles. The van der Waals surface area contributed by atoms with E-state index in [2.05, 4.69) is 20.9 Å². The molecule has 0 radical (unpaired) electrons. The molecular weight excluding hydrogens is 407 g/mol. The van der Waals surface area contributed by atoms with Gasteiger partial charge < -0.3 is 20.7 Å². The number of carbonyl (C=O) groups excluding carboxylic acids is 1. The van der Waals surface area contributed by atoms with E-state index in [-0.39, 0.29) is 35.5 Å². The molecule has 7 heteroatoms. The van der Waals surface area contributed by atoms with Crippen LogP contribution in [0.5, 0.6) is 0 Å². The molecule has 0 aromatic heterocycles. The van der Waals surface area contributed by atoms with E-state index >= 15 is 0 Å². The highest BCUT2D eigenvalue weighted by Gasteiger charge is 2.17. The maximum Gasteiger partial charge on any atom is 0.221 e. The van der Waals surface area contributed by atoms with Crippen molar-refractivity contribution in [3.63, 3.8) is 0 Å². The van der Waals surface area contributed by atoms with Crippen molar-refractivity contribution >= 4 is 35.8 Å². The van der Waals surface area contributed by atoms with Gasteiger partial charge in [-0.3, -0.25) is 9.79 Å². The van der Waals surface area contributed by atoms with Crippen molar-refractivity contribution in [2.75, 3.05) is 26.7 Å². The van der Waals surface area contributed by atoms with Crippen LogP contribution in [0.15, 0.2) is 4.99 Å². The first-order valence-corrected chi connectivity index (χ1v) is 8.33. The maximum absolute atomic E-state index is 11.9. The molecule has 0 unspecified atom stereocenters. The number of methoxy groups -OCH3 is 1. The highest BCUT2D eigenvalue weighted by Crippen LogP contribution is 2.17. The minimum Gasteiger partial charge on any atom is -0.377 e. The van der Waals surface area contributed by atoms with Gasteiger partial charge in [-0.2, -0.15) is 0 Å². The third-order valence-corrected chi connectivity index (χ3v) is 3.88. The van der Waals surface area contributed by atoms with E-state index in [1.165, 1.54) is 12.8 Å². The molecule has 136 valence electrons. The lowest BCUT2D eigenvalue weighted by Gasteiger charge is -2.21. The Hall–Kier alpha value is -0.570. The largest absolute Gasteiger partial charge is 0.377 e. The van der Waals surface area contributed by atoms with Crippen LogP contribution in [0.4, 0.5) is 0 Å². The Morgan fingerprint density at radius 3 is 2.48 bits per heavy atom. The molecule has 0 saturated heterocycles. The average molecular weight is 440 g/mol. The van der Waals surface area contributed by atoms with Crippen molar-refractivity contribution in [3.8, 4) is 0 Å². The number of hydrogen-bond donors (Lipinski definition) is 3. The fourth-order valence-corrected chi connectivity index (χ4v) is 2.34. The van der Waals surface area contributed by atoms with E-state index in [0.717, 1.165) is 25.3 Å². The lowest BCUT2D eigenvalue weighted by Crippen LogP contribution is -2.41. The first-order chi connectivity index (χ1) is 10.5. The zero-order valence-corrected chi connectivity index (χ0v) is 17.2. The summed E-state index contributed by atoms with van der Waals surface area (Å²) in [6.45, 7) is 7.94. The number of guanidine groups is 1. The van der Waals surface area contributed by atoms with E-state index in [4.69, 9.17) is 4.74 Å². The van der Waals surface area contributed by atoms with Gasteiger partial charge in [0.15, 0.2) is 5.96 Å². The SMILES string of the molecule is CCNC(=NCC(C)(C)OC)NCCC(=O)NC1CCCC1.I. The summed E-state index contributed by atoms with van der Waals surface area (Å²) in [6.07, 6.45) is 5.17. The summed E-state index contributed by atoms with van der Waals surface area (Å²) >= 11 is 0. The predicted octanol–water partition coefficient (Wildman–Crippen LogP) is 2.03. The summed E-state index contributed by atoms with van der Waals surface area (Å²) < 4.78 is 5.36. The van der Waals surface area contributed by atoms with Crippen LogP contribution in [0.25, 0.3) is 0 Å². The Labute approximate surface area is 157 Å². The smallest absolute Gasteiger partial charge is 0.221 e. The predicted molar refractivity (Wildman–Crippen MR) is 106 cm³/mol. The Morgan fingerprint density at radius 2 is 1.91 bits per heavy atom. The van der Waals surface area contributed by atoms with Gasteiger partial charge in [0.2, 0.25) is 5.91 Å². The van der Waals surface area contributed by atoms with Gasteiger partial charge in [-0.15, -0.1) is 24.0 Å². The first-order valence-electron chi connectivity index (χ1n) is 8.33. The third kappa shape index (κ3) is 10.0. The number of carbonyl (C=O) groups is 1. The average Bonchev–Trinajstić information content (AvgIpc) is 2.97. The van der Waals surface area contributed by atoms with Gasteiger partial charge >= 0.3 is 0 Å². The number of hydrogen-bond acceptors (Lipinski definition) is 3. The zero-order valence-electron chi connectivity index (χ0n) is 14.9. The van der Waals surface area contributed by atoms with E-state index in [1.807, 2.05) is 20.8 Å². The number of amides is 1. The van der Waals surface area contributed by atoms with Crippen molar-refractivity contribution in [3.05, 3.63) is 0 Å². The summed E-state index contributed by atoms with van der Waals surface area (Å²) in [5.74, 6) is 0.841. The van der Waals surface area contributed by atoms with Crippen molar-refractivity contribution in [2.45, 2.75) is 64.5 Å². The molecule has 1 amide bonds. The zero-order chi connectivity index (χ0) is 16.4. The number of halogens is 1. The minimum absolute atomic E-state index is 0. The molecule has 0 bridgehead atoms. The second kappa shape index (κ2) is 11.9. The lowest BCUT2D eigenvalue weighted by molar-refractivity contribution is -0.121. The summed E-state index contributed by atoms with van der Waals surface area (Å²) in [5.41, 5.74) is -0.289. The summed E-state index contributed by atoms with van der Waals surface area (Å²) in [4.78, 5) is 16.4. The standard InChI is InChI=1S/C16H32N4O2.HI/c1-5-17-15(19-12-16(2,3)22-4)18-11-10-14(21)20-13-8-6-7-9-13;/h13H,5-12H2,1-4H3,(H,20,21)(H2,17,18,19);1H. The Kier molecular flexibility index (Phi) is 11.6. The molecule has 0 aliphatic heterocycles. The minimum atomic E-state index is -0.289. The van der Waals surface area contributed by atoms with Crippen molar-refractivity contribution in [1.29, 1.82) is 0 Å². The van der Waals surface area contributed by atoms with Crippen LogP contribution in [0.2, 0.25) is 0 Å². The Morgan fingerprint density at radius 1 is 1.26 bits per heavy atom. The molecule has 0 aromatic rings. The molecule has 0 spiro atoms. The van der Waals surface area contributed by atoms with Crippen LogP contribution in [-0.2, 0) is 9.53 Å². The fourth-order valence-electron chi connectivity index (χ4n) is 2.34. The number of rotatable bonds is 8. The third-order valence-electron chi connectivity index (χ3n) is 3.88. The Balaban J connectivity index is 0.00000484. The fraction of sp³-hybridized carbons (Fsp3) is 0.875. The molecule has 1 fully saturated rings. The van der Waals surface area contributed by atoms with Crippen LogP contribution in [0.3, 0.4) is 0 Å². The second-order valence-corrected chi connectivity index (χ2v) is 6.38. The van der Waals surface area contributed by atoms with Crippen molar-refractivity contribution in [1.82, 2.24) is 16.0 Å².